The zero-order valence-corrected chi connectivity index (χ0v) is 11.1. The summed E-state index contributed by atoms with van der Waals surface area (Å²) >= 11 is 0. The molecule has 96 valence electrons. The largest absolute Gasteiger partial charge is 0.460 e. The van der Waals surface area contributed by atoms with Gasteiger partial charge in [0.15, 0.2) is 0 Å². The first-order valence-corrected chi connectivity index (χ1v) is 5.83. The van der Waals surface area contributed by atoms with Crippen molar-refractivity contribution in [3.05, 3.63) is 0 Å². The maximum absolute atomic E-state index is 11.5. The fourth-order valence-corrected chi connectivity index (χ4v) is 1.38. The second-order valence-corrected chi connectivity index (χ2v) is 5.19. The van der Waals surface area contributed by atoms with E-state index in [4.69, 9.17) is 9.84 Å². The van der Waals surface area contributed by atoms with E-state index in [1.54, 1.807) is 0 Å². The molecule has 0 radical (unpaired) electrons. The Hall–Kier alpha value is -0.610. The number of hydrogen-bond acceptors (Lipinski definition) is 4. The summed E-state index contributed by atoms with van der Waals surface area (Å²) in [7, 11) is 0. The van der Waals surface area contributed by atoms with Crippen LogP contribution in [0.2, 0.25) is 0 Å². The fraction of sp³-hybridized carbons (Fsp3) is 0.917. The molecule has 0 heterocycles. The molecule has 0 bridgehead atoms. The number of ether oxygens (including phenoxy) is 1. The van der Waals surface area contributed by atoms with Gasteiger partial charge in [-0.3, -0.25) is 9.69 Å². The molecule has 0 saturated heterocycles. The third kappa shape index (κ3) is 7.65. The van der Waals surface area contributed by atoms with E-state index in [1.165, 1.54) is 0 Å². The van der Waals surface area contributed by atoms with Crippen LogP contribution in [0.5, 0.6) is 0 Å². The number of rotatable bonds is 6. The summed E-state index contributed by atoms with van der Waals surface area (Å²) in [6.07, 6.45) is 0.370. The van der Waals surface area contributed by atoms with E-state index in [0.29, 0.717) is 25.6 Å². The molecule has 0 aromatic carbocycles. The predicted octanol–water partition coefficient (Wildman–Crippen LogP) is 1.42. The Kier molecular flexibility index (Phi) is 6.60. The summed E-state index contributed by atoms with van der Waals surface area (Å²) in [5.41, 5.74) is -0.420. The van der Waals surface area contributed by atoms with E-state index in [2.05, 4.69) is 4.90 Å². The molecule has 1 N–H and O–H groups in total. The maximum atomic E-state index is 11.5. The highest BCUT2D eigenvalue weighted by molar-refractivity contribution is 5.70. The van der Waals surface area contributed by atoms with E-state index in [-0.39, 0.29) is 12.6 Å². The molecule has 0 rings (SSSR count). The molecule has 0 aromatic rings. The highest BCUT2D eigenvalue weighted by Gasteiger charge is 2.17. The number of hydrogen-bond donors (Lipinski definition) is 1. The van der Waals surface area contributed by atoms with Gasteiger partial charge in [-0.1, -0.05) is 0 Å². The standard InChI is InChI=1S/C12H25NO3/c1-10(2)13(8-9-14)7-6-11(15)16-12(3,4)5/h10,14H,6-9H2,1-5H3. The third-order valence-electron chi connectivity index (χ3n) is 2.14. The molecule has 4 nitrogen and oxygen atoms in total. The van der Waals surface area contributed by atoms with Crippen molar-refractivity contribution >= 4 is 5.97 Å². The lowest BCUT2D eigenvalue weighted by molar-refractivity contribution is -0.155. The second kappa shape index (κ2) is 6.86. The molecule has 0 aliphatic carbocycles. The maximum Gasteiger partial charge on any atom is 0.307 e. The molecule has 0 amide bonds. The number of aliphatic hydroxyl groups is 1. The highest BCUT2D eigenvalue weighted by atomic mass is 16.6. The Balaban J connectivity index is 3.97. The predicted molar refractivity (Wildman–Crippen MR) is 64.3 cm³/mol. The van der Waals surface area contributed by atoms with E-state index in [0.717, 1.165) is 0 Å². The van der Waals surface area contributed by atoms with Gasteiger partial charge in [-0.2, -0.15) is 0 Å². The molecule has 0 aliphatic rings. The highest BCUT2D eigenvalue weighted by Crippen LogP contribution is 2.09. The first-order chi connectivity index (χ1) is 7.26. The van der Waals surface area contributed by atoms with E-state index >= 15 is 0 Å². The van der Waals surface area contributed by atoms with Gasteiger partial charge in [0.25, 0.3) is 0 Å². The van der Waals surface area contributed by atoms with Gasteiger partial charge in [-0.15, -0.1) is 0 Å². The smallest absolute Gasteiger partial charge is 0.307 e. The Morgan fingerprint density at radius 1 is 1.31 bits per heavy atom. The van der Waals surface area contributed by atoms with Gasteiger partial charge in [0.2, 0.25) is 0 Å². The van der Waals surface area contributed by atoms with Crippen molar-refractivity contribution in [2.75, 3.05) is 19.7 Å². The van der Waals surface area contributed by atoms with Gasteiger partial charge in [0.1, 0.15) is 5.60 Å². The summed E-state index contributed by atoms with van der Waals surface area (Å²) in [5.74, 6) is -0.184. The molecule has 0 unspecified atom stereocenters. The van der Waals surface area contributed by atoms with Gasteiger partial charge >= 0.3 is 5.97 Å². The average Bonchev–Trinajstić information content (AvgIpc) is 2.08. The van der Waals surface area contributed by atoms with Crippen molar-refractivity contribution in [1.82, 2.24) is 4.90 Å². The van der Waals surface area contributed by atoms with Crippen LogP contribution in [0.3, 0.4) is 0 Å². The first kappa shape index (κ1) is 15.4. The number of nitrogens with zero attached hydrogens (tertiary/aromatic N) is 1. The molecule has 16 heavy (non-hydrogen) atoms. The van der Waals surface area contributed by atoms with Crippen molar-refractivity contribution in [3.8, 4) is 0 Å². The van der Waals surface area contributed by atoms with Gasteiger partial charge in [0.05, 0.1) is 13.0 Å². The van der Waals surface area contributed by atoms with Crippen LogP contribution in [-0.2, 0) is 9.53 Å². The molecule has 4 heteroatoms. The summed E-state index contributed by atoms with van der Waals surface area (Å²) in [4.78, 5) is 13.5. The van der Waals surface area contributed by atoms with Gasteiger partial charge in [0, 0.05) is 19.1 Å². The van der Waals surface area contributed by atoms with Gasteiger partial charge in [-0.05, 0) is 34.6 Å². The Morgan fingerprint density at radius 3 is 2.25 bits per heavy atom. The van der Waals surface area contributed by atoms with Gasteiger partial charge in [-0.25, -0.2) is 0 Å². The molecule has 0 saturated carbocycles. The topological polar surface area (TPSA) is 49.8 Å². The van der Waals surface area contributed by atoms with Crippen LogP contribution in [-0.4, -0.2) is 47.3 Å². The summed E-state index contributed by atoms with van der Waals surface area (Å²) in [6.45, 7) is 11.0. The van der Waals surface area contributed by atoms with Crippen molar-refractivity contribution in [1.29, 1.82) is 0 Å². The quantitative estimate of drug-likeness (QED) is 0.702. The van der Waals surface area contributed by atoms with Crippen molar-refractivity contribution < 1.29 is 14.6 Å². The lowest BCUT2D eigenvalue weighted by Gasteiger charge is -2.26. The number of carbonyl (C=O) groups excluding carboxylic acids is 1. The molecule has 0 aliphatic heterocycles. The van der Waals surface area contributed by atoms with Crippen molar-refractivity contribution in [2.45, 2.75) is 52.7 Å². The van der Waals surface area contributed by atoms with E-state index in [9.17, 15) is 4.79 Å². The summed E-state index contributed by atoms with van der Waals surface area (Å²) in [6, 6.07) is 0.328. The average molecular weight is 231 g/mol. The van der Waals surface area contributed by atoms with Crippen LogP contribution >= 0.6 is 0 Å². The summed E-state index contributed by atoms with van der Waals surface area (Å²) < 4.78 is 5.22. The molecule has 0 fully saturated rings. The first-order valence-electron chi connectivity index (χ1n) is 5.83. The molecule has 0 aromatic heterocycles. The Bertz CT molecular complexity index is 209. The molecule has 0 spiro atoms. The van der Waals surface area contributed by atoms with Crippen molar-refractivity contribution in [3.63, 3.8) is 0 Å². The van der Waals surface area contributed by atoms with Crippen LogP contribution in [0.1, 0.15) is 41.0 Å². The zero-order chi connectivity index (χ0) is 12.8. The van der Waals surface area contributed by atoms with E-state index < -0.39 is 5.60 Å². The molecular weight excluding hydrogens is 206 g/mol. The van der Waals surface area contributed by atoms with Gasteiger partial charge < -0.3 is 9.84 Å². The van der Waals surface area contributed by atoms with Crippen LogP contribution in [0.15, 0.2) is 0 Å². The van der Waals surface area contributed by atoms with Crippen LogP contribution in [0.25, 0.3) is 0 Å². The minimum absolute atomic E-state index is 0.118. The van der Waals surface area contributed by atoms with Crippen molar-refractivity contribution in [2.24, 2.45) is 0 Å². The fourth-order valence-electron chi connectivity index (χ4n) is 1.38. The van der Waals surface area contributed by atoms with E-state index in [1.807, 2.05) is 34.6 Å². The zero-order valence-electron chi connectivity index (χ0n) is 11.1. The molecular formula is C12H25NO3. The number of esters is 1. The third-order valence-corrected chi connectivity index (χ3v) is 2.14. The minimum Gasteiger partial charge on any atom is -0.460 e. The number of carbonyl (C=O) groups is 1. The number of aliphatic hydroxyl groups excluding tert-OH is 1. The van der Waals surface area contributed by atoms with Crippen LogP contribution < -0.4 is 0 Å². The Labute approximate surface area is 98.6 Å². The monoisotopic (exact) mass is 231 g/mol. The van der Waals surface area contributed by atoms with Crippen LogP contribution in [0.4, 0.5) is 0 Å². The minimum atomic E-state index is -0.420. The SMILES string of the molecule is CC(C)N(CCO)CCC(=O)OC(C)(C)C. The summed E-state index contributed by atoms with van der Waals surface area (Å²) in [5, 5.41) is 8.88. The van der Waals surface area contributed by atoms with Crippen LogP contribution in [0, 0.1) is 0 Å². The normalized spacial score (nSPS) is 12.2. The lowest BCUT2D eigenvalue weighted by atomic mass is 10.2. The second-order valence-electron chi connectivity index (χ2n) is 5.19. The molecule has 0 atom stereocenters. The lowest BCUT2D eigenvalue weighted by Crippen LogP contribution is -2.36. The Morgan fingerprint density at radius 2 is 1.88 bits per heavy atom.